The number of nitrogens with one attached hydrogen (secondary N) is 1. The van der Waals surface area contributed by atoms with Crippen molar-refractivity contribution in [2.45, 2.75) is 25.8 Å². The fourth-order valence-corrected chi connectivity index (χ4v) is 3.07. The monoisotopic (exact) mass is 336 g/mol. The van der Waals surface area contributed by atoms with Crippen molar-refractivity contribution in [2.75, 3.05) is 23.9 Å². The molecule has 3 rings (SSSR count). The van der Waals surface area contributed by atoms with Crippen LogP contribution in [0, 0.1) is 18.3 Å². The number of methoxy groups -OCH3 is 1. The third-order valence-electron chi connectivity index (χ3n) is 4.34. The summed E-state index contributed by atoms with van der Waals surface area (Å²) in [4.78, 5) is 19.1. The molecule has 0 spiro atoms. The Labute approximate surface area is 147 Å². The molecule has 0 unspecified atom stereocenters. The highest BCUT2D eigenvalue weighted by Gasteiger charge is 2.32. The fraction of sp³-hybridized carbons (Fsp3) is 0.316. The first-order chi connectivity index (χ1) is 12.1. The number of nitriles is 1. The summed E-state index contributed by atoms with van der Waals surface area (Å²) in [5.74, 6) is 1.28. The zero-order chi connectivity index (χ0) is 17.8. The van der Waals surface area contributed by atoms with Crippen LogP contribution in [0.2, 0.25) is 0 Å². The molecule has 0 saturated carbocycles. The minimum Gasteiger partial charge on any atom is -0.495 e. The van der Waals surface area contributed by atoms with Gasteiger partial charge in [0.15, 0.2) is 0 Å². The van der Waals surface area contributed by atoms with Gasteiger partial charge < -0.3 is 15.0 Å². The molecule has 1 aromatic carbocycles. The van der Waals surface area contributed by atoms with E-state index in [0.717, 1.165) is 24.9 Å². The largest absolute Gasteiger partial charge is 0.495 e. The van der Waals surface area contributed by atoms with Gasteiger partial charge in [0, 0.05) is 12.7 Å². The second kappa shape index (κ2) is 7.22. The number of rotatable bonds is 4. The lowest BCUT2D eigenvalue weighted by molar-refractivity contribution is -0.117. The van der Waals surface area contributed by atoms with Crippen LogP contribution in [0.3, 0.4) is 0 Å². The van der Waals surface area contributed by atoms with Crippen LogP contribution in [0.5, 0.6) is 5.75 Å². The predicted octanol–water partition coefficient (Wildman–Crippen LogP) is 2.88. The number of hydrogen-bond donors (Lipinski definition) is 1. The maximum atomic E-state index is 12.8. The smallest absolute Gasteiger partial charge is 0.247 e. The SMILES string of the molecule is COc1ccc(C)cc1NC(=O)[C@@H]1CCCN1c1ccc(C#N)cn1. The van der Waals surface area contributed by atoms with Gasteiger partial charge in [-0.2, -0.15) is 5.26 Å². The minimum absolute atomic E-state index is 0.0763. The number of pyridine rings is 1. The summed E-state index contributed by atoms with van der Waals surface area (Å²) in [6.45, 7) is 2.74. The van der Waals surface area contributed by atoms with E-state index in [1.165, 1.54) is 6.20 Å². The molecule has 0 aliphatic carbocycles. The molecule has 1 aliphatic rings. The van der Waals surface area contributed by atoms with Gasteiger partial charge in [0.2, 0.25) is 5.91 Å². The first-order valence-electron chi connectivity index (χ1n) is 8.20. The topological polar surface area (TPSA) is 78.2 Å². The molecule has 1 saturated heterocycles. The summed E-state index contributed by atoms with van der Waals surface area (Å²) in [6, 6.07) is 11.0. The van der Waals surface area contributed by atoms with E-state index < -0.39 is 0 Å². The van der Waals surface area contributed by atoms with Gasteiger partial charge in [-0.05, 0) is 49.6 Å². The molecule has 1 atom stereocenters. The van der Waals surface area contributed by atoms with E-state index in [9.17, 15) is 4.79 Å². The number of carbonyl (C=O) groups excluding carboxylic acids is 1. The van der Waals surface area contributed by atoms with Crippen LogP contribution in [0.4, 0.5) is 11.5 Å². The first kappa shape index (κ1) is 16.8. The maximum absolute atomic E-state index is 12.8. The molecule has 25 heavy (non-hydrogen) atoms. The third-order valence-corrected chi connectivity index (χ3v) is 4.34. The Morgan fingerprint density at radius 2 is 2.24 bits per heavy atom. The van der Waals surface area contributed by atoms with E-state index in [-0.39, 0.29) is 11.9 Å². The Morgan fingerprint density at radius 1 is 1.40 bits per heavy atom. The van der Waals surface area contributed by atoms with Crippen molar-refractivity contribution in [3.63, 3.8) is 0 Å². The van der Waals surface area contributed by atoms with Crippen LogP contribution in [-0.2, 0) is 4.79 Å². The highest BCUT2D eigenvalue weighted by molar-refractivity contribution is 5.98. The van der Waals surface area contributed by atoms with Gasteiger partial charge >= 0.3 is 0 Å². The van der Waals surface area contributed by atoms with Crippen LogP contribution < -0.4 is 15.0 Å². The molecule has 0 bridgehead atoms. The van der Waals surface area contributed by atoms with Gasteiger partial charge in [0.25, 0.3) is 0 Å². The summed E-state index contributed by atoms with van der Waals surface area (Å²) in [5.41, 5.74) is 2.23. The number of aromatic nitrogens is 1. The number of aryl methyl sites for hydroxylation is 1. The summed E-state index contributed by atoms with van der Waals surface area (Å²) >= 11 is 0. The van der Waals surface area contributed by atoms with Crippen LogP contribution in [0.25, 0.3) is 0 Å². The first-order valence-corrected chi connectivity index (χ1v) is 8.20. The van der Waals surface area contributed by atoms with Gasteiger partial charge in [-0.3, -0.25) is 4.79 Å². The minimum atomic E-state index is -0.286. The number of anilines is 2. The molecule has 2 aromatic rings. The fourth-order valence-electron chi connectivity index (χ4n) is 3.07. The molecule has 0 radical (unpaired) electrons. The van der Waals surface area contributed by atoms with Crippen molar-refractivity contribution >= 4 is 17.4 Å². The van der Waals surface area contributed by atoms with Crippen molar-refractivity contribution in [2.24, 2.45) is 0 Å². The molecule has 1 amide bonds. The van der Waals surface area contributed by atoms with E-state index in [1.54, 1.807) is 19.2 Å². The second-order valence-electron chi connectivity index (χ2n) is 6.06. The molecular formula is C19H20N4O2. The van der Waals surface area contributed by atoms with E-state index in [4.69, 9.17) is 10.00 Å². The number of benzene rings is 1. The number of carbonyl (C=O) groups is 1. The normalized spacial score (nSPS) is 16.4. The molecule has 1 fully saturated rings. The highest BCUT2D eigenvalue weighted by atomic mass is 16.5. The number of hydrogen-bond acceptors (Lipinski definition) is 5. The highest BCUT2D eigenvalue weighted by Crippen LogP contribution is 2.28. The van der Waals surface area contributed by atoms with Crippen molar-refractivity contribution in [1.29, 1.82) is 5.26 Å². The lowest BCUT2D eigenvalue weighted by Crippen LogP contribution is -2.40. The lowest BCUT2D eigenvalue weighted by atomic mass is 10.1. The maximum Gasteiger partial charge on any atom is 0.247 e. The zero-order valence-corrected chi connectivity index (χ0v) is 14.3. The van der Waals surface area contributed by atoms with Crippen molar-refractivity contribution in [3.8, 4) is 11.8 Å². The van der Waals surface area contributed by atoms with Gasteiger partial charge in [-0.1, -0.05) is 6.07 Å². The Kier molecular flexibility index (Phi) is 4.85. The van der Waals surface area contributed by atoms with Gasteiger partial charge in [0.05, 0.1) is 18.4 Å². The Morgan fingerprint density at radius 3 is 2.92 bits per heavy atom. The quantitative estimate of drug-likeness (QED) is 0.929. The van der Waals surface area contributed by atoms with Crippen LogP contribution >= 0.6 is 0 Å². The standard InChI is InChI=1S/C19H20N4O2/c1-13-5-7-17(25-2)15(10-13)22-19(24)16-4-3-9-23(16)18-8-6-14(11-20)12-21-18/h5-8,10,12,16H,3-4,9H2,1-2H3,(H,22,24)/t16-/m0/s1. The zero-order valence-electron chi connectivity index (χ0n) is 14.3. The molecule has 6 heteroatoms. The molecular weight excluding hydrogens is 316 g/mol. The Hall–Kier alpha value is -3.07. The molecule has 128 valence electrons. The number of nitrogens with zero attached hydrogens (tertiary/aromatic N) is 3. The van der Waals surface area contributed by atoms with E-state index in [0.29, 0.717) is 22.8 Å². The van der Waals surface area contributed by atoms with Gasteiger partial charge in [-0.15, -0.1) is 0 Å². The third kappa shape index (κ3) is 3.56. The van der Waals surface area contributed by atoms with Gasteiger partial charge in [0.1, 0.15) is 23.7 Å². The van der Waals surface area contributed by atoms with Crippen LogP contribution in [0.15, 0.2) is 36.5 Å². The predicted molar refractivity (Wildman–Crippen MR) is 95.7 cm³/mol. The Balaban J connectivity index is 1.79. The molecule has 2 heterocycles. The van der Waals surface area contributed by atoms with E-state index in [1.807, 2.05) is 30.0 Å². The molecule has 6 nitrogen and oxygen atoms in total. The van der Waals surface area contributed by atoms with Crippen molar-refractivity contribution in [3.05, 3.63) is 47.7 Å². The second-order valence-corrected chi connectivity index (χ2v) is 6.06. The summed E-state index contributed by atoms with van der Waals surface area (Å²) in [7, 11) is 1.59. The average Bonchev–Trinajstić information content (AvgIpc) is 3.12. The molecule has 1 aliphatic heterocycles. The summed E-state index contributed by atoms with van der Waals surface area (Å²) in [6.07, 6.45) is 3.22. The molecule has 1 N–H and O–H groups in total. The van der Waals surface area contributed by atoms with E-state index >= 15 is 0 Å². The van der Waals surface area contributed by atoms with Crippen LogP contribution in [-0.4, -0.2) is 30.6 Å². The number of amides is 1. The molecule has 1 aromatic heterocycles. The number of ether oxygens (including phenoxy) is 1. The summed E-state index contributed by atoms with van der Waals surface area (Å²) in [5, 5.41) is 11.9. The van der Waals surface area contributed by atoms with Gasteiger partial charge in [-0.25, -0.2) is 4.98 Å². The Bertz CT molecular complexity index is 811. The summed E-state index contributed by atoms with van der Waals surface area (Å²) < 4.78 is 5.33. The van der Waals surface area contributed by atoms with Crippen molar-refractivity contribution < 1.29 is 9.53 Å². The lowest BCUT2D eigenvalue weighted by Gasteiger charge is -2.25. The average molecular weight is 336 g/mol. The van der Waals surface area contributed by atoms with E-state index in [2.05, 4.69) is 16.4 Å². The van der Waals surface area contributed by atoms with Crippen molar-refractivity contribution in [1.82, 2.24) is 4.98 Å². The van der Waals surface area contributed by atoms with Crippen LogP contribution in [0.1, 0.15) is 24.0 Å².